The fourth-order valence-electron chi connectivity index (χ4n) is 2.04. The van der Waals surface area contributed by atoms with Gasteiger partial charge in [-0.25, -0.2) is 0 Å². The summed E-state index contributed by atoms with van der Waals surface area (Å²) in [6.45, 7) is 2.41. The number of rotatable bonds is 4. The Bertz CT molecular complexity index is 631. The molecule has 0 aliphatic carbocycles. The van der Waals surface area contributed by atoms with Crippen molar-refractivity contribution in [1.29, 1.82) is 0 Å². The van der Waals surface area contributed by atoms with E-state index in [4.69, 9.17) is 4.84 Å². The first kappa shape index (κ1) is 13.8. The molecule has 0 aromatic heterocycles. The molecule has 0 amide bonds. The first-order chi connectivity index (χ1) is 9.06. The summed E-state index contributed by atoms with van der Waals surface area (Å²) in [7, 11) is 1.78. The molecule has 0 heterocycles. The van der Waals surface area contributed by atoms with Crippen LogP contribution in [0, 0.1) is 10.1 Å². The molecule has 2 aromatic rings. The lowest BCUT2D eigenvalue weighted by atomic mass is 10.1. The first-order valence-electron chi connectivity index (χ1n) is 5.78. The van der Waals surface area contributed by atoms with Crippen molar-refractivity contribution in [1.82, 2.24) is 0 Å². The maximum atomic E-state index is 11.1. The SMILES string of the molecule is CCON(C)c1c(Br)ccc2c([N+](=O)[O-])cccc12. The minimum absolute atomic E-state index is 0.0937. The zero-order valence-corrected chi connectivity index (χ0v) is 12.2. The summed E-state index contributed by atoms with van der Waals surface area (Å²) in [6, 6.07) is 8.55. The quantitative estimate of drug-likeness (QED) is 0.632. The number of fused-ring (bicyclic) bond motifs is 1. The van der Waals surface area contributed by atoms with E-state index in [0.717, 1.165) is 15.5 Å². The molecule has 0 aliphatic heterocycles. The van der Waals surface area contributed by atoms with Gasteiger partial charge in [-0.3, -0.25) is 20.0 Å². The Morgan fingerprint density at radius 1 is 1.32 bits per heavy atom. The number of anilines is 1. The molecule has 0 bridgehead atoms. The number of halogens is 1. The Kier molecular flexibility index (Phi) is 4.01. The first-order valence-corrected chi connectivity index (χ1v) is 6.57. The number of non-ortho nitro benzene ring substituents is 1. The maximum Gasteiger partial charge on any atom is 0.277 e. The molecule has 2 rings (SSSR count). The smallest absolute Gasteiger partial charge is 0.274 e. The number of nitro groups is 1. The van der Waals surface area contributed by atoms with Crippen LogP contribution in [0.3, 0.4) is 0 Å². The van der Waals surface area contributed by atoms with Crippen molar-refractivity contribution >= 4 is 38.1 Å². The highest BCUT2D eigenvalue weighted by atomic mass is 79.9. The van der Waals surface area contributed by atoms with Crippen LogP contribution in [-0.2, 0) is 4.84 Å². The molecule has 0 aliphatic rings. The Morgan fingerprint density at radius 2 is 2.05 bits per heavy atom. The van der Waals surface area contributed by atoms with Gasteiger partial charge in [0.25, 0.3) is 5.69 Å². The van der Waals surface area contributed by atoms with Crippen molar-refractivity contribution in [3.63, 3.8) is 0 Å². The lowest BCUT2D eigenvalue weighted by molar-refractivity contribution is -0.383. The highest BCUT2D eigenvalue weighted by Crippen LogP contribution is 2.37. The van der Waals surface area contributed by atoms with Gasteiger partial charge in [0, 0.05) is 23.0 Å². The topological polar surface area (TPSA) is 55.6 Å². The van der Waals surface area contributed by atoms with E-state index in [1.807, 2.05) is 13.0 Å². The Hall–Kier alpha value is -1.66. The van der Waals surface area contributed by atoms with Crippen LogP contribution in [0.15, 0.2) is 34.8 Å². The molecule has 0 atom stereocenters. The van der Waals surface area contributed by atoms with E-state index in [9.17, 15) is 10.1 Å². The van der Waals surface area contributed by atoms with Gasteiger partial charge in [-0.05, 0) is 35.0 Å². The predicted octanol–water partition coefficient (Wildman–Crippen LogP) is 3.90. The normalized spacial score (nSPS) is 10.7. The lowest BCUT2D eigenvalue weighted by Gasteiger charge is -2.21. The second-order valence-corrected chi connectivity index (χ2v) is 4.79. The fraction of sp³-hybridized carbons (Fsp3) is 0.231. The minimum atomic E-state index is -0.374. The van der Waals surface area contributed by atoms with Crippen LogP contribution in [0.2, 0.25) is 0 Å². The Morgan fingerprint density at radius 3 is 2.68 bits per heavy atom. The standard InChI is InChI=1S/C13H13BrN2O3/c1-3-19-15(2)13-10-5-4-6-12(16(17)18)9(10)7-8-11(13)14/h4-8H,3H2,1-2H3. The van der Waals surface area contributed by atoms with Gasteiger partial charge in [-0.15, -0.1) is 0 Å². The number of benzene rings is 2. The third-order valence-corrected chi connectivity index (χ3v) is 3.44. The zero-order valence-electron chi connectivity index (χ0n) is 10.6. The van der Waals surface area contributed by atoms with E-state index in [2.05, 4.69) is 15.9 Å². The molecule has 19 heavy (non-hydrogen) atoms. The van der Waals surface area contributed by atoms with Crippen molar-refractivity contribution in [2.75, 3.05) is 18.7 Å². The van der Waals surface area contributed by atoms with E-state index in [1.165, 1.54) is 6.07 Å². The molecule has 5 nitrogen and oxygen atoms in total. The average Bonchev–Trinajstić information content (AvgIpc) is 2.37. The van der Waals surface area contributed by atoms with E-state index < -0.39 is 0 Å². The Labute approximate surface area is 119 Å². The summed E-state index contributed by atoms with van der Waals surface area (Å²) in [4.78, 5) is 16.1. The molecule has 0 saturated heterocycles. The van der Waals surface area contributed by atoms with Crippen LogP contribution in [-0.4, -0.2) is 18.6 Å². The van der Waals surface area contributed by atoms with Crippen LogP contribution in [0.25, 0.3) is 10.8 Å². The summed E-state index contributed by atoms with van der Waals surface area (Å²) in [5.74, 6) is 0. The second kappa shape index (κ2) is 5.54. The van der Waals surface area contributed by atoms with Crippen LogP contribution >= 0.6 is 15.9 Å². The molecule has 0 unspecified atom stereocenters. The summed E-state index contributed by atoms with van der Waals surface area (Å²) in [6.07, 6.45) is 0. The fourth-order valence-corrected chi connectivity index (χ4v) is 2.63. The molecular formula is C13H13BrN2O3. The molecule has 100 valence electrons. The summed E-state index contributed by atoms with van der Waals surface area (Å²) < 4.78 is 0.830. The third kappa shape index (κ3) is 2.54. The van der Waals surface area contributed by atoms with Gasteiger partial charge in [0.05, 0.1) is 22.6 Å². The van der Waals surface area contributed by atoms with Crippen LogP contribution in [0.5, 0.6) is 0 Å². The molecule has 6 heteroatoms. The minimum Gasteiger partial charge on any atom is -0.274 e. The van der Waals surface area contributed by atoms with Crippen molar-refractivity contribution in [2.24, 2.45) is 0 Å². The van der Waals surface area contributed by atoms with Gasteiger partial charge in [0.2, 0.25) is 0 Å². The van der Waals surface area contributed by atoms with Gasteiger partial charge < -0.3 is 0 Å². The predicted molar refractivity (Wildman–Crippen MR) is 78.3 cm³/mol. The van der Waals surface area contributed by atoms with Crippen molar-refractivity contribution < 1.29 is 9.76 Å². The highest BCUT2D eigenvalue weighted by Gasteiger charge is 2.17. The van der Waals surface area contributed by atoms with E-state index in [-0.39, 0.29) is 10.6 Å². The summed E-state index contributed by atoms with van der Waals surface area (Å²) in [5, 5.41) is 14.0. The second-order valence-electron chi connectivity index (χ2n) is 3.94. The van der Waals surface area contributed by atoms with Crippen molar-refractivity contribution in [3.8, 4) is 0 Å². The van der Waals surface area contributed by atoms with Gasteiger partial charge in [0.15, 0.2) is 0 Å². The number of hydroxylamine groups is 1. The van der Waals surface area contributed by atoms with E-state index in [1.54, 1.807) is 30.3 Å². The summed E-state index contributed by atoms with van der Waals surface area (Å²) >= 11 is 3.46. The summed E-state index contributed by atoms with van der Waals surface area (Å²) in [5.41, 5.74) is 0.874. The molecule has 0 fully saturated rings. The average molecular weight is 325 g/mol. The number of nitrogens with zero attached hydrogens (tertiary/aromatic N) is 2. The van der Waals surface area contributed by atoms with Crippen molar-refractivity contribution in [2.45, 2.75) is 6.92 Å². The molecule has 0 radical (unpaired) electrons. The number of hydrogen-bond donors (Lipinski definition) is 0. The molecule has 2 aromatic carbocycles. The molecule has 0 saturated carbocycles. The molecule has 0 N–H and O–H groups in total. The largest absolute Gasteiger partial charge is 0.277 e. The van der Waals surface area contributed by atoms with Gasteiger partial charge in [0.1, 0.15) is 0 Å². The Balaban J connectivity index is 2.72. The van der Waals surface area contributed by atoms with Crippen LogP contribution in [0.1, 0.15) is 6.92 Å². The van der Waals surface area contributed by atoms with Crippen LogP contribution in [0.4, 0.5) is 11.4 Å². The van der Waals surface area contributed by atoms with Gasteiger partial charge in [-0.2, -0.15) is 0 Å². The number of hydrogen-bond acceptors (Lipinski definition) is 4. The highest BCUT2D eigenvalue weighted by molar-refractivity contribution is 9.10. The van der Waals surface area contributed by atoms with Gasteiger partial charge >= 0.3 is 0 Å². The zero-order chi connectivity index (χ0) is 14.0. The monoisotopic (exact) mass is 324 g/mol. The maximum absolute atomic E-state index is 11.1. The van der Waals surface area contributed by atoms with Gasteiger partial charge in [-0.1, -0.05) is 12.1 Å². The molecular weight excluding hydrogens is 312 g/mol. The van der Waals surface area contributed by atoms with Crippen LogP contribution < -0.4 is 5.06 Å². The number of nitro benzene ring substituents is 1. The van der Waals surface area contributed by atoms with E-state index >= 15 is 0 Å². The van der Waals surface area contributed by atoms with E-state index in [0.29, 0.717) is 12.0 Å². The lowest BCUT2D eigenvalue weighted by Crippen LogP contribution is -2.18. The molecule has 0 spiro atoms. The van der Waals surface area contributed by atoms with Crippen molar-refractivity contribution in [3.05, 3.63) is 44.9 Å². The third-order valence-electron chi connectivity index (χ3n) is 2.80.